The Balaban J connectivity index is 1.51. The van der Waals surface area contributed by atoms with Crippen LogP contribution in [0, 0.1) is 0 Å². The molecule has 3 rings (SSSR count). The van der Waals surface area contributed by atoms with Crippen molar-refractivity contribution in [1.82, 2.24) is 20.4 Å². The first-order chi connectivity index (χ1) is 10.2. The number of aromatic nitrogens is 2. The van der Waals surface area contributed by atoms with E-state index in [9.17, 15) is 4.79 Å². The van der Waals surface area contributed by atoms with E-state index < -0.39 is 0 Å². The van der Waals surface area contributed by atoms with E-state index in [2.05, 4.69) is 32.6 Å². The lowest BCUT2D eigenvalue weighted by molar-refractivity contribution is 0.235. The van der Waals surface area contributed by atoms with Crippen molar-refractivity contribution in [1.29, 1.82) is 0 Å². The third-order valence-electron chi connectivity index (χ3n) is 3.96. The molecule has 2 aromatic heterocycles. The zero-order valence-corrected chi connectivity index (χ0v) is 12.9. The van der Waals surface area contributed by atoms with Gasteiger partial charge in [0.25, 0.3) is 0 Å². The summed E-state index contributed by atoms with van der Waals surface area (Å²) in [6.45, 7) is 0.662. The van der Waals surface area contributed by atoms with Gasteiger partial charge >= 0.3 is 6.03 Å². The molecule has 0 unspecified atom stereocenters. The van der Waals surface area contributed by atoms with E-state index in [1.807, 2.05) is 17.9 Å². The van der Waals surface area contributed by atoms with Crippen molar-refractivity contribution in [3.05, 3.63) is 39.8 Å². The first-order valence-corrected chi connectivity index (χ1v) is 8.24. The van der Waals surface area contributed by atoms with Gasteiger partial charge in [-0.15, -0.1) is 0 Å². The predicted octanol–water partition coefficient (Wildman–Crippen LogP) is 2.40. The second-order valence-electron chi connectivity index (χ2n) is 5.40. The molecule has 2 aromatic rings. The van der Waals surface area contributed by atoms with E-state index in [0.29, 0.717) is 6.54 Å². The molecule has 0 saturated carbocycles. The number of carbonyl (C=O) groups excluding carboxylic acids is 1. The first-order valence-electron chi connectivity index (χ1n) is 7.30. The number of carbonyl (C=O) groups is 1. The molecule has 0 aromatic carbocycles. The van der Waals surface area contributed by atoms with E-state index in [1.54, 1.807) is 11.3 Å². The summed E-state index contributed by atoms with van der Waals surface area (Å²) in [6.07, 6.45) is 5.87. The molecule has 2 heterocycles. The van der Waals surface area contributed by atoms with Crippen LogP contribution < -0.4 is 10.6 Å². The second kappa shape index (κ2) is 6.30. The number of fused-ring (bicyclic) bond motifs is 1. The SMILES string of the molecule is Cn1ncc2c1CCC[C@H]2NC(=O)NCCc1ccsc1. The average molecular weight is 304 g/mol. The molecule has 1 aliphatic carbocycles. The van der Waals surface area contributed by atoms with Crippen LogP contribution in [0.1, 0.15) is 35.7 Å². The fourth-order valence-corrected chi connectivity index (χ4v) is 3.52. The van der Waals surface area contributed by atoms with Gasteiger partial charge in [0.2, 0.25) is 0 Å². The number of nitrogens with zero attached hydrogens (tertiary/aromatic N) is 2. The molecule has 0 aliphatic heterocycles. The van der Waals surface area contributed by atoms with Crippen molar-refractivity contribution in [2.75, 3.05) is 6.54 Å². The Morgan fingerprint density at radius 2 is 2.48 bits per heavy atom. The Labute approximate surface area is 128 Å². The Bertz CT molecular complexity index is 605. The Morgan fingerprint density at radius 3 is 3.29 bits per heavy atom. The highest BCUT2D eigenvalue weighted by Gasteiger charge is 2.24. The molecule has 0 saturated heterocycles. The minimum absolute atomic E-state index is 0.0867. The maximum absolute atomic E-state index is 12.0. The summed E-state index contributed by atoms with van der Waals surface area (Å²) in [4.78, 5) is 12.0. The van der Waals surface area contributed by atoms with Gasteiger partial charge in [-0.3, -0.25) is 4.68 Å². The molecule has 0 fully saturated rings. The van der Waals surface area contributed by atoms with Crippen molar-refractivity contribution in [3.63, 3.8) is 0 Å². The molecule has 0 radical (unpaired) electrons. The largest absolute Gasteiger partial charge is 0.338 e. The summed E-state index contributed by atoms with van der Waals surface area (Å²) in [6, 6.07) is 2.09. The molecule has 2 amide bonds. The van der Waals surface area contributed by atoms with E-state index in [-0.39, 0.29) is 12.1 Å². The van der Waals surface area contributed by atoms with Crippen LogP contribution >= 0.6 is 11.3 Å². The van der Waals surface area contributed by atoms with Crippen molar-refractivity contribution in [2.45, 2.75) is 31.7 Å². The van der Waals surface area contributed by atoms with E-state index in [1.165, 1.54) is 11.3 Å². The monoisotopic (exact) mass is 304 g/mol. The third-order valence-corrected chi connectivity index (χ3v) is 4.69. The molecular formula is C15H20N4OS. The van der Waals surface area contributed by atoms with Crippen molar-refractivity contribution in [3.8, 4) is 0 Å². The van der Waals surface area contributed by atoms with Gasteiger partial charge in [-0.1, -0.05) is 0 Å². The zero-order valence-electron chi connectivity index (χ0n) is 12.1. The maximum atomic E-state index is 12.0. The molecule has 5 nitrogen and oxygen atoms in total. The third kappa shape index (κ3) is 3.26. The van der Waals surface area contributed by atoms with E-state index in [4.69, 9.17) is 0 Å². The van der Waals surface area contributed by atoms with Crippen LogP contribution in [0.15, 0.2) is 23.0 Å². The highest BCUT2D eigenvalue weighted by atomic mass is 32.1. The summed E-state index contributed by atoms with van der Waals surface area (Å²) in [5.74, 6) is 0. The number of amides is 2. The fourth-order valence-electron chi connectivity index (χ4n) is 2.82. The average Bonchev–Trinajstić information content (AvgIpc) is 3.10. The molecule has 2 N–H and O–H groups in total. The lowest BCUT2D eigenvalue weighted by Gasteiger charge is -2.23. The Morgan fingerprint density at radius 1 is 1.57 bits per heavy atom. The van der Waals surface area contributed by atoms with Crippen LogP contribution in [-0.4, -0.2) is 22.4 Å². The lowest BCUT2D eigenvalue weighted by Crippen LogP contribution is -2.39. The normalized spacial score (nSPS) is 17.3. The standard InChI is InChI=1S/C15H20N4OS/c1-19-14-4-2-3-13(12(14)9-17-19)18-15(20)16-7-5-11-6-8-21-10-11/h6,8-10,13H,2-5,7H2,1H3,(H2,16,18,20)/t13-/m1/s1. The van der Waals surface area contributed by atoms with Crippen molar-refractivity contribution < 1.29 is 4.79 Å². The van der Waals surface area contributed by atoms with Crippen LogP contribution in [0.5, 0.6) is 0 Å². The smallest absolute Gasteiger partial charge is 0.315 e. The summed E-state index contributed by atoms with van der Waals surface area (Å²) >= 11 is 1.68. The highest BCUT2D eigenvalue weighted by molar-refractivity contribution is 7.07. The van der Waals surface area contributed by atoms with Crippen LogP contribution in [0.4, 0.5) is 4.79 Å². The summed E-state index contributed by atoms with van der Waals surface area (Å²) in [5.41, 5.74) is 3.68. The number of hydrogen-bond donors (Lipinski definition) is 2. The van der Waals surface area contributed by atoms with Gasteiger partial charge in [0, 0.05) is 24.8 Å². The van der Waals surface area contributed by atoms with Gasteiger partial charge in [0.1, 0.15) is 0 Å². The van der Waals surface area contributed by atoms with E-state index >= 15 is 0 Å². The van der Waals surface area contributed by atoms with Crippen molar-refractivity contribution >= 4 is 17.4 Å². The minimum atomic E-state index is -0.0908. The molecule has 1 aliphatic rings. The number of hydrogen-bond acceptors (Lipinski definition) is 3. The number of aryl methyl sites for hydroxylation is 1. The second-order valence-corrected chi connectivity index (χ2v) is 6.18. The molecular weight excluding hydrogens is 284 g/mol. The Hall–Kier alpha value is -1.82. The number of thiophene rings is 1. The van der Waals surface area contributed by atoms with Gasteiger partial charge in [0.05, 0.1) is 12.2 Å². The quantitative estimate of drug-likeness (QED) is 0.911. The molecule has 0 bridgehead atoms. The summed E-state index contributed by atoms with van der Waals surface area (Å²) in [5, 5.41) is 14.5. The molecule has 6 heteroatoms. The fraction of sp³-hybridized carbons (Fsp3) is 0.467. The topological polar surface area (TPSA) is 59.0 Å². The minimum Gasteiger partial charge on any atom is -0.338 e. The maximum Gasteiger partial charge on any atom is 0.315 e. The van der Waals surface area contributed by atoms with Gasteiger partial charge in [-0.2, -0.15) is 16.4 Å². The number of urea groups is 1. The van der Waals surface area contributed by atoms with Crippen LogP contribution in [0.3, 0.4) is 0 Å². The first kappa shape index (κ1) is 14.1. The van der Waals surface area contributed by atoms with E-state index in [0.717, 1.165) is 31.2 Å². The summed E-state index contributed by atoms with van der Waals surface area (Å²) in [7, 11) is 1.96. The highest BCUT2D eigenvalue weighted by Crippen LogP contribution is 2.28. The lowest BCUT2D eigenvalue weighted by atomic mass is 9.93. The zero-order chi connectivity index (χ0) is 14.7. The van der Waals surface area contributed by atoms with Crippen molar-refractivity contribution in [2.24, 2.45) is 7.05 Å². The summed E-state index contributed by atoms with van der Waals surface area (Å²) < 4.78 is 1.91. The molecule has 21 heavy (non-hydrogen) atoms. The molecule has 112 valence electrons. The van der Waals surface area contributed by atoms with Gasteiger partial charge < -0.3 is 10.6 Å². The van der Waals surface area contributed by atoms with Gasteiger partial charge in [0.15, 0.2) is 0 Å². The van der Waals surface area contributed by atoms with Gasteiger partial charge in [-0.05, 0) is 48.1 Å². The van der Waals surface area contributed by atoms with Crippen LogP contribution in [0.25, 0.3) is 0 Å². The van der Waals surface area contributed by atoms with Crippen LogP contribution in [0.2, 0.25) is 0 Å². The Kier molecular flexibility index (Phi) is 4.24. The van der Waals surface area contributed by atoms with Gasteiger partial charge in [-0.25, -0.2) is 4.79 Å². The number of nitrogens with one attached hydrogen (secondary N) is 2. The molecule has 0 spiro atoms. The molecule has 1 atom stereocenters. The predicted molar refractivity (Wildman–Crippen MR) is 83.4 cm³/mol. The number of rotatable bonds is 4. The van der Waals surface area contributed by atoms with Crippen LogP contribution in [-0.2, 0) is 19.9 Å².